The lowest BCUT2D eigenvalue weighted by Gasteiger charge is -2.17. The summed E-state index contributed by atoms with van der Waals surface area (Å²) in [6.45, 7) is 1.84. The fraction of sp³-hybridized carbons (Fsp3) is 0.136. The smallest absolute Gasteiger partial charge is 0.416 e. The maximum Gasteiger partial charge on any atom is 0.416 e. The molecule has 0 spiro atoms. The molecule has 0 aromatic heterocycles. The van der Waals surface area contributed by atoms with Crippen molar-refractivity contribution in [2.75, 3.05) is 11.8 Å². The van der Waals surface area contributed by atoms with Crippen molar-refractivity contribution in [1.82, 2.24) is 0 Å². The molecule has 0 aliphatic heterocycles. The Morgan fingerprint density at radius 1 is 1.00 bits per heavy atom. The van der Waals surface area contributed by atoms with Crippen molar-refractivity contribution < 1.29 is 36.2 Å². The molecular weight excluding hydrogens is 447 g/mol. The number of alkyl halides is 3. The Morgan fingerprint density at radius 3 is 2.22 bits per heavy atom. The van der Waals surface area contributed by atoms with Gasteiger partial charge < -0.3 is 9.84 Å². The van der Waals surface area contributed by atoms with Crippen molar-refractivity contribution in [1.29, 1.82) is 0 Å². The fourth-order valence-corrected chi connectivity index (χ4v) is 4.28. The molecule has 0 saturated carbocycles. The molecular formula is C22H18F3NO5S. The molecule has 0 fully saturated rings. The molecule has 0 radical (unpaired) electrons. The lowest BCUT2D eigenvalue weighted by Crippen LogP contribution is -2.16. The third kappa shape index (κ3) is 4.86. The number of halogens is 3. The minimum atomic E-state index is -4.70. The van der Waals surface area contributed by atoms with Gasteiger partial charge in [0.2, 0.25) is 0 Å². The number of hydrogen-bond donors (Lipinski definition) is 2. The highest BCUT2D eigenvalue weighted by molar-refractivity contribution is 7.92. The van der Waals surface area contributed by atoms with Crippen LogP contribution in [-0.4, -0.2) is 26.6 Å². The van der Waals surface area contributed by atoms with E-state index in [1.54, 1.807) is 24.3 Å². The molecule has 0 atom stereocenters. The summed E-state index contributed by atoms with van der Waals surface area (Å²) < 4.78 is 73.3. The standard InChI is InChI=1S/C22H18F3NO5S/c1-13-3-5-14(6-4-13)17-9-8-16(22(23,24)25)12-18(17)26-32(29,30)20-11-15(21(27)28)7-10-19(20)31-2/h3-12,26H,1-2H3,(H,27,28). The van der Waals surface area contributed by atoms with Crippen LogP contribution in [0.5, 0.6) is 5.75 Å². The lowest BCUT2D eigenvalue weighted by molar-refractivity contribution is -0.137. The number of carbonyl (C=O) groups is 1. The van der Waals surface area contributed by atoms with Gasteiger partial charge in [-0.15, -0.1) is 0 Å². The van der Waals surface area contributed by atoms with E-state index in [2.05, 4.69) is 4.72 Å². The number of ether oxygens (including phenoxy) is 1. The zero-order valence-electron chi connectivity index (χ0n) is 16.9. The zero-order valence-corrected chi connectivity index (χ0v) is 17.7. The van der Waals surface area contributed by atoms with Crippen LogP contribution in [0, 0.1) is 6.92 Å². The Hall–Kier alpha value is -3.53. The Balaban J connectivity index is 2.17. The van der Waals surface area contributed by atoms with Gasteiger partial charge in [0.25, 0.3) is 10.0 Å². The summed E-state index contributed by atoms with van der Waals surface area (Å²) in [5.74, 6) is -1.53. The van der Waals surface area contributed by atoms with E-state index in [4.69, 9.17) is 4.74 Å². The zero-order chi connectivity index (χ0) is 23.7. The predicted molar refractivity (Wildman–Crippen MR) is 112 cm³/mol. The highest BCUT2D eigenvalue weighted by Crippen LogP contribution is 2.37. The normalized spacial score (nSPS) is 11.8. The van der Waals surface area contributed by atoms with Gasteiger partial charge in [0.1, 0.15) is 10.6 Å². The molecule has 2 N–H and O–H groups in total. The largest absolute Gasteiger partial charge is 0.495 e. The predicted octanol–water partition coefficient (Wildman–Crippen LogP) is 5.19. The van der Waals surface area contributed by atoms with Gasteiger partial charge in [-0.2, -0.15) is 13.2 Å². The second-order valence-electron chi connectivity index (χ2n) is 6.90. The van der Waals surface area contributed by atoms with E-state index in [9.17, 15) is 31.5 Å². The average molecular weight is 465 g/mol. The quantitative estimate of drug-likeness (QED) is 0.523. The van der Waals surface area contributed by atoms with E-state index in [1.165, 1.54) is 13.2 Å². The minimum Gasteiger partial charge on any atom is -0.495 e. The van der Waals surface area contributed by atoms with Crippen LogP contribution in [0.2, 0.25) is 0 Å². The van der Waals surface area contributed by atoms with Crippen LogP contribution in [0.3, 0.4) is 0 Å². The maximum atomic E-state index is 13.3. The summed E-state index contributed by atoms with van der Waals surface area (Å²) in [5, 5.41) is 9.19. The lowest BCUT2D eigenvalue weighted by atomic mass is 10.0. The van der Waals surface area contributed by atoms with Crippen molar-refractivity contribution >= 4 is 21.7 Å². The second kappa shape index (κ2) is 8.54. The first-order valence-electron chi connectivity index (χ1n) is 9.15. The van der Waals surface area contributed by atoms with Crippen molar-refractivity contribution in [2.24, 2.45) is 0 Å². The molecule has 3 rings (SSSR count). The summed E-state index contributed by atoms with van der Waals surface area (Å²) in [6, 6.07) is 12.7. The first-order chi connectivity index (χ1) is 14.9. The van der Waals surface area contributed by atoms with Crippen molar-refractivity contribution in [3.63, 3.8) is 0 Å². The van der Waals surface area contributed by atoms with Gasteiger partial charge in [-0.05, 0) is 42.8 Å². The van der Waals surface area contributed by atoms with E-state index in [-0.39, 0.29) is 22.6 Å². The molecule has 0 saturated heterocycles. The van der Waals surface area contributed by atoms with E-state index < -0.39 is 32.6 Å². The highest BCUT2D eigenvalue weighted by Gasteiger charge is 2.32. The monoisotopic (exact) mass is 465 g/mol. The van der Waals surface area contributed by atoms with Gasteiger partial charge in [-0.3, -0.25) is 4.72 Å². The van der Waals surface area contributed by atoms with E-state index in [0.29, 0.717) is 11.6 Å². The number of aromatic carboxylic acids is 1. The molecule has 3 aromatic carbocycles. The molecule has 0 aliphatic carbocycles. The number of carboxylic acids is 1. The van der Waals surface area contributed by atoms with Crippen LogP contribution >= 0.6 is 0 Å². The second-order valence-corrected chi connectivity index (χ2v) is 8.55. The van der Waals surface area contributed by atoms with Gasteiger partial charge in [0.05, 0.1) is 23.9 Å². The SMILES string of the molecule is COc1ccc(C(=O)O)cc1S(=O)(=O)Nc1cc(C(F)(F)F)ccc1-c1ccc(C)cc1. The number of carboxylic acid groups (broad SMARTS) is 1. The van der Waals surface area contributed by atoms with Crippen LogP contribution in [0.25, 0.3) is 11.1 Å². The average Bonchev–Trinajstić information content (AvgIpc) is 2.73. The summed E-state index contributed by atoms with van der Waals surface area (Å²) in [7, 11) is -3.33. The van der Waals surface area contributed by atoms with Gasteiger partial charge in [0.15, 0.2) is 0 Å². The first kappa shape index (κ1) is 23.1. The van der Waals surface area contributed by atoms with Crippen LogP contribution in [0.1, 0.15) is 21.5 Å². The number of nitrogens with one attached hydrogen (secondary N) is 1. The fourth-order valence-electron chi connectivity index (χ4n) is 3.01. The van der Waals surface area contributed by atoms with Crippen LogP contribution < -0.4 is 9.46 Å². The molecule has 3 aromatic rings. The molecule has 0 heterocycles. The summed E-state index contributed by atoms with van der Waals surface area (Å²) in [4.78, 5) is 10.8. The first-order valence-corrected chi connectivity index (χ1v) is 10.6. The minimum absolute atomic E-state index is 0.161. The van der Waals surface area contributed by atoms with E-state index in [1.807, 2.05) is 6.92 Å². The number of sulfonamides is 1. The van der Waals surface area contributed by atoms with Crippen LogP contribution in [0.4, 0.5) is 18.9 Å². The Labute approximate surface area is 182 Å². The number of aryl methyl sites for hydroxylation is 1. The topological polar surface area (TPSA) is 92.7 Å². The molecule has 10 heteroatoms. The summed E-state index contributed by atoms with van der Waals surface area (Å²) in [6.07, 6.45) is -4.70. The van der Waals surface area contributed by atoms with E-state index in [0.717, 1.165) is 29.8 Å². The number of methoxy groups -OCH3 is 1. The van der Waals surface area contributed by atoms with Gasteiger partial charge >= 0.3 is 12.1 Å². The van der Waals surface area contributed by atoms with Gasteiger partial charge in [-0.1, -0.05) is 35.9 Å². The van der Waals surface area contributed by atoms with Gasteiger partial charge in [-0.25, -0.2) is 13.2 Å². The number of anilines is 1. The van der Waals surface area contributed by atoms with Gasteiger partial charge in [0, 0.05) is 5.56 Å². The molecule has 0 bridgehead atoms. The van der Waals surface area contributed by atoms with Crippen molar-refractivity contribution in [2.45, 2.75) is 18.0 Å². The Bertz CT molecular complexity index is 1270. The molecule has 0 aliphatic rings. The number of benzene rings is 3. The molecule has 168 valence electrons. The van der Waals surface area contributed by atoms with Crippen LogP contribution in [-0.2, 0) is 16.2 Å². The summed E-state index contributed by atoms with van der Waals surface area (Å²) in [5.41, 5.74) is -0.0565. The highest BCUT2D eigenvalue weighted by atomic mass is 32.2. The molecule has 0 amide bonds. The molecule has 32 heavy (non-hydrogen) atoms. The Kier molecular flexibility index (Phi) is 6.18. The third-order valence-electron chi connectivity index (χ3n) is 4.65. The number of hydrogen-bond acceptors (Lipinski definition) is 4. The van der Waals surface area contributed by atoms with Crippen LogP contribution in [0.15, 0.2) is 65.6 Å². The van der Waals surface area contributed by atoms with Crippen molar-refractivity contribution in [3.05, 3.63) is 77.4 Å². The maximum absolute atomic E-state index is 13.3. The van der Waals surface area contributed by atoms with Crippen molar-refractivity contribution in [3.8, 4) is 16.9 Å². The van der Waals surface area contributed by atoms with E-state index >= 15 is 0 Å². The molecule has 6 nitrogen and oxygen atoms in total. The Morgan fingerprint density at radius 2 is 1.66 bits per heavy atom. The third-order valence-corrected chi connectivity index (χ3v) is 6.04. The summed E-state index contributed by atoms with van der Waals surface area (Å²) >= 11 is 0. The molecule has 0 unspecified atom stereocenters. The number of rotatable bonds is 6.